The molecule has 2 rings (SSSR count). The molecule has 8 heteroatoms. The minimum atomic E-state index is -4.40. The zero-order valence-corrected chi connectivity index (χ0v) is 14.7. The van der Waals surface area contributed by atoms with E-state index in [1.54, 1.807) is 12.4 Å². The second-order valence-electron chi connectivity index (χ2n) is 5.10. The molecule has 0 atom stereocenters. The lowest BCUT2D eigenvalue weighted by atomic mass is 10.1. The van der Waals surface area contributed by atoms with Gasteiger partial charge < -0.3 is 5.32 Å². The summed E-state index contributed by atoms with van der Waals surface area (Å²) >= 11 is 6.50. The second kappa shape index (κ2) is 8.96. The topological polar surface area (TPSA) is 42.0 Å². The first-order valence-corrected chi connectivity index (χ1v) is 8.75. The van der Waals surface area contributed by atoms with E-state index in [9.17, 15) is 18.0 Å². The Morgan fingerprint density at radius 3 is 2.52 bits per heavy atom. The van der Waals surface area contributed by atoms with Gasteiger partial charge in [-0.3, -0.25) is 9.78 Å². The molecular formula is C17H15F3N2OS2. The molecule has 0 saturated carbocycles. The van der Waals surface area contributed by atoms with Crippen molar-refractivity contribution in [1.29, 1.82) is 0 Å². The molecule has 0 fully saturated rings. The van der Waals surface area contributed by atoms with Gasteiger partial charge in [0.2, 0.25) is 0 Å². The van der Waals surface area contributed by atoms with Gasteiger partial charge in [0, 0.05) is 36.7 Å². The Labute approximate surface area is 153 Å². The second-order valence-corrected chi connectivity index (χ2v) is 6.87. The summed E-state index contributed by atoms with van der Waals surface area (Å²) in [5.41, 5.74) is 0.494. The van der Waals surface area contributed by atoms with Crippen LogP contribution in [0, 0.1) is 0 Å². The standard InChI is InChI=1S/C17H15F3N2OS2/c18-17(19,20)14-5-3-13(4-6-14)15(23)7-9-25-16(24)22-11-12-2-1-8-21-10-12/h1-6,8,10H,7,9,11H2,(H,22,24). The first kappa shape index (κ1) is 19.4. The number of rotatable bonds is 6. The number of aromatic nitrogens is 1. The van der Waals surface area contributed by atoms with Crippen LogP contribution in [0.1, 0.15) is 27.9 Å². The molecule has 1 aromatic carbocycles. The van der Waals surface area contributed by atoms with E-state index in [0.717, 1.165) is 17.7 Å². The molecule has 3 nitrogen and oxygen atoms in total. The number of Topliss-reactive ketones (excluding diaryl/α,β-unsaturated/α-hetero) is 1. The number of carbonyl (C=O) groups is 1. The summed E-state index contributed by atoms with van der Waals surface area (Å²) in [5.74, 6) is 0.245. The van der Waals surface area contributed by atoms with Crippen LogP contribution in [0.2, 0.25) is 0 Å². The van der Waals surface area contributed by atoms with E-state index in [2.05, 4.69) is 10.3 Å². The SMILES string of the molecule is O=C(CCSC(=S)NCc1cccnc1)c1ccc(C(F)(F)F)cc1. The van der Waals surface area contributed by atoms with Crippen LogP contribution >= 0.6 is 24.0 Å². The van der Waals surface area contributed by atoms with Gasteiger partial charge in [-0.15, -0.1) is 0 Å². The van der Waals surface area contributed by atoms with Crippen molar-refractivity contribution < 1.29 is 18.0 Å². The Hall–Kier alpha value is -1.93. The molecule has 0 bridgehead atoms. The molecule has 0 aliphatic rings. The van der Waals surface area contributed by atoms with Crippen LogP contribution in [0.3, 0.4) is 0 Å². The largest absolute Gasteiger partial charge is 0.416 e. The normalized spacial score (nSPS) is 11.2. The van der Waals surface area contributed by atoms with Gasteiger partial charge in [0.1, 0.15) is 4.32 Å². The smallest absolute Gasteiger partial charge is 0.367 e. The first-order valence-electron chi connectivity index (χ1n) is 7.36. The highest BCUT2D eigenvalue weighted by Gasteiger charge is 2.30. The molecular weight excluding hydrogens is 369 g/mol. The number of pyridine rings is 1. The van der Waals surface area contributed by atoms with Crippen molar-refractivity contribution in [2.75, 3.05) is 5.75 Å². The quantitative estimate of drug-likeness (QED) is 0.587. The molecule has 0 radical (unpaired) electrons. The Morgan fingerprint density at radius 1 is 1.20 bits per heavy atom. The van der Waals surface area contributed by atoms with E-state index >= 15 is 0 Å². The van der Waals surface area contributed by atoms with Gasteiger partial charge in [-0.1, -0.05) is 42.2 Å². The zero-order chi connectivity index (χ0) is 18.3. The van der Waals surface area contributed by atoms with E-state index in [-0.39, 0.29) is 17.8 Å². The summed E-state index contributed by atoms with van der Waals surface area (Å²) in [6.07, 6.45) is -0.786. The highest BCUT2D eigenvalue weighted by atomic mass is 32.2. The molecule has 0 saturated heterocycles. The fourth-order valence-electron chi connectivity index (χ4n) is 1.95. The van der Waals surface area contributed by atoms with Crippen molar-refractivity contribution in [3.05, 3.63) is 65.5 Å². The highest BCUT2D eigenvalue weighted by molar-refractivity contribution is 8.22. The third kappa shape index (κ3) is 6.47. The fourth-order valence-corrected chi connectivity index (χ4v) is 2.92. The molecule has 1 N–H and O–H groups in total. The van der Waals surface area contributed by atoms with Crippen LogP contribution in [0.25, 0.3) is 0 Å². The first-order chi connectivity index (χ1) is 11.9. The van der Waals surface area contributed by atoms with Gasteiger partial charge in [0.15, 0.2) is 5.78 Å². The van der Waals surface area contributed by atoms with E-state index in [1.165, 1.54) is 23.9 Å². The molecule has 0 unspecified atom stereocenters. The Balaban J connectivity index is 1.73. The Kier molecular flexibility index (Phi) is 6.95. The predicted molar refractivity (Wildman–Crippen MR) is 96.5 cm³/mol. The lowest BCUT2D eigenvalue weighted by Crippen LogP contribution is -2.18. The molecule has 1 heterocycles. The summed E-state index contributed by atoms with van der Waals surface area (Å²) in [4.78, 5) is 16.0. The maximum Gasteiger partial charge on any atom is 0.416 e. The molecule has 1 aromatic heterocycles. The number of nitrogens with one attached hydrogen (secondary N) is 1. The number of ketones is 1. The zero-order valence-electron chi connectivity index (χ0n) is 13.0. The number of halogens is 3. The molecule has 25 heavy (non-hydrogen) atoms. The third-order valence-electron chi connectivity index (χ3n) is 3.26. The summed E-state index contributed by atoms with van der Waals surface area (Å²) in [6, 6.07) is 7.99. The lowest BCUT2D eigenvalue weighted by Gasteiger charge is -2.08. The summed E-state index contributed by atoms with van der Waals surface area (Å²) in [7, 11) is 0. The van der Waals surface area contributed by atoms with Crippen molar-refractivity contribution in [3.8, 4) is 0 Å². The minimum absolute atomic E-state index is 0.199. The summed E-state index contributed by atoms with van der Waals surface area (Å²) < 4.78 is 38.0. The number of hydrogen-bond donors (Lipinski definition) is 1. The summed E-state index contributed by atoms with van der Waals surface area (Å²) in [5, 5.41) is 3.05. The fraction of sp³-hybridized carbons (Fsp3) is 0.235. The highest BCUT2D eigenvalue weighted by Crippen LogP contribution is 2.29. The van der Waals surface area contributed by atoms with E-state index in [0.29, 0.717) is 16.6 Å². The number of hydrogen-bond acceptors (Lipinski definition) is 4. The van der Waals surface area contributed by atoms with Gasteiger partial charge in [0.05, 0.1) is 5.56 Å². The number of thiocarbonyl (C=S) groups is 1. The predicted octanol–water partition coefficient (Wildman–Crippen LogP) is 4.48. The van der Waals surface area contributed by atoms with E-state index in [1.807, 2.05) is 12.1 Å². The van der Waals surface area contributed by atoms with Gasteiger partial charge >= 0.3 is 6.18 Å². The van der Waals surface area contributed by atoms with Gasteiger partial charge in [-0.2, -0.15) is 13.2 Å². The van der Waals surface area contributed by atoms with Crippen molar-refractivity contribution in [2.45, 2.75) is 19.1 Å². The van der Waals surface area contributed by atoms with Crippen molar-refractivity contribution in [1.82, 2.24) is 10.3 Å². The van der Waals surface area contributed by atoms with Crippen LogP contribution in [0.5, 0.6) is 0 Å². The molecule has 0 aliphatic heterocycles. The maximum atomic E-state index is 12.5. The number of nitrogens with zero attached hydrogens (tertiary/aromatic N) is 1. The van der Waals surface area contributed by atoms with Gasteiger partial charge in [-0.25, -0.2) is 0 Å². The lowest BCUT2D eigenvalue weighted by molar-refractivity contribution is -0.137. The number of alkyl halides is 3. The van der Waals surface area contributed by atoms with Crippen molar-refractivity contribution in [3.63, 3.8) is 0 Å². The van der Waals surface area contributed by atoms with Crippen LogP contribution in [-0.2, 0) is 12.7 Å². The van der Waals surface area contributed by atoms with Crippen LogP contribution in [-0.4, -0.2) is 20.8 Å². The average Bonchev–Trinajstić information content (AvgIpc) is 2.60. The average molecular weight is 384 g/mol. The van der Waals surface area contributed by atoms with Crippen LogP contribution in [0.4, 0.5) is 13.2 Å². The molecule has 0 amide bonds. The minimum Gasteiger partial charge on any atom is -0.367 e. The van der Waals surface area contributed by atoms with Crippen LogP contribution in [0.15, 0.2) is 48.8 Å². The Bertz CT molecular complexity index is 719. The van der Waals surface area contributed by atoms with Crippen molar-refractivity contribution >= 4 is 34.1 Å². The van der Waals surface area contributed by atoms with Crippen LogP contribution < -0.4 is 5.32 Å². The molecule has 0 aliphatic carbocycles. The van der Waals surface area contributed by atoms with Gasteiger partial charge in [0.25, 0.3) is 0 Å². The van der Waals surface area contributed by atoms with E-state index < -0.39 is 11.7 Å². The maximum absolute atomic E-state index is 12.5. The van der Waals surface area contributed by atoms with Crippen molar-refractivity contribution in [2.24, 2.45) is 0 Å². The number of carbonyl (C=O) groups excluding carboxylic acids is 1. The Morgan fingerprint density at radius 2 is 1.92 bits per heavy atom. The third-order valence-corrected chi connectivity index (χ3v) is 4.57. The number of thioether (sulfide) groups is 1. The summed E-state index contributed by atoms with van der Waals surface area (Å²) in [6.45, 7) is 0.548. The van der Waals surface area contributed by atoms with E-state index in [4.69, 9.17) is 12.2 Å². The molecule has 132 valence electrons. The van der Waals surface area contributed by atoms with Gasteiger partial charge in [-0.05, 0) is 23.8 Å². The molecule has 0 spiro atoms. The number of benzene rings is 1. The molecule has 2 aromatic rings. The monoisotopic (exact) mass is 384 g/mol.